The van der Waals surface area contributed by atoms with Gasteiger partial charge in [-0.25, -0.2) is 4.79 Å². The van der Waals surface area contributed by atoms with Crippen LogP contribution in [0.3, 0.4) is 0 Å². The van der Waals surface area contributed by atoms with Gasteiger partial charge in [-0.2, -0.15) is 0 Å². The van der Waals surface area contributed by atoms with Crippen LogP contribution in [0.25, 0.3) is 0 Å². The minimum atomic E-state index is -0.414. The van der Waals surface area contributed by atoms with Crippen molar-refractivity contribution in [3.05, 3.63) is 23.3 Å². The fourth-order valence-electron chi connectivity index (χ4n) is 1.22. The summed E-state index contributed by atoms with van der Waals surface area (Å²) < 4.78 is 4.62. The van der Waals surface area contributed by atoms with Crippen LogP contribution in [0.5, 0.6) is 0 Å². The number of methoxy groups -OCH3 is 1. The minimum Gasteiger partial charge on any atom is -0.465 e. The van der Waals surface area contributed by atoms with Gasteiger partial charge in [-0.05, 0) is 24.6 Å². The summed E-state index contributed by atoms with van der Waals surface area (Å²) in [5.74, 6) is -0.414. The quantitative estimate of drug-likeness (QED) is 0.552. The van der Waals surface area contributed by atoms with Gasteiger partial charge in [-0.1, -0.05) is 0 Å². The molecule has 0 unspecified atom stereocenters. The van der Waals surface area contributed by atoms with Gasteiger partial charge in [0, 0.05) is 18.4 Å². The summed E-state index contributed by atoms with van der Waals surface area (Å²) in [5.41, 5.74) is 8.33. The lowest BCUT2D eigenvalue weighted by atomic mass is 10.1. The zero-order valence-corrected chi connectivity index (χ0v) is 8.55. The Balaban J connectivity index is 3.27. The lowest BCUT2D eigenvalue weighted by Crippen LogP contribution is -2.08. The summed E-state index contributed by atoms with van der Waals surface area (Å²) in [5, 5.41) is 2.95. The highest BCUT2D eigenvalue weighted by molar-refractivity contribution is 5.97. The number of ether oxygens (including phenoxy) is 1. The van der Waals surface area contributed by atoms with Gasteiger partial charge in [0.2, 0.25) is 0 Å². The Morgan fingerprint density at radius 1 is 1.50 bits per heavy atom. The van der Waals surface area contributed by atoms with Crippen LogP contribution < -0.4 is 11.1 Å². The highest BCUT2D eigenvalue weighted by Crippen LogP contribution is 2.22. The minimum absolute atomic E-state index is 0.400. The number of nitrogens with one attached hydrogen (secondary N) is 1. The fraction of sp³-hybridized carbons (Fsp3) is 0.300. The molecule has 0 atom stereocenters. The first-order chi connectivity index (χ1) is 6.60. The van der Waals surface area contributed by atoms with Crippen LogP contribution in [-0.4, -0.2) is 20.1 Å². The van der Waals surface area contributed by atoms with E-state index in [1.54, 1.807) is 13.1 Å². The van der Waals surface area contributed by atoms with Gasteiger partial charge < -0.3 is 15.8 Å². The molecule has 1 aromatic rings. The van der Waals surface area contributed by atoms with E-state index in [0.717, 1.165) is 11.3 Å². The zero-order chi connectivity index (χ0) is 10.7. The summed E-state index contributed by atoms with van der Waals surface area (Å²) in [6, 6.07) is 3.55. The molecule has 76 valence electrons. The third-order valence-electron chi connectivity index (χ3n) is 2.08. The van der Waals surface area contributed by atoms with Crippen molar-refractivity contribution in [2.45, 2.75) is 6.92 Å². The summed E-state index contributed by atoms with van der Waals surface area (Å²) in [6.07, 6.45) is 0. The number of benzene rings is 1. The summed E-state index contributed by atoms with van der Waals surface area (Å²) in [7, 11) is 3.12. The molecule has 0 radical (unpaired) electrons. The van der Waals surface area contributed by atoms with Gasteiger partial charge >= 0.3 is 5.97 Å². The molecule has 14 heavy (non-hydrogen) atoms. The maximum Gasteiger partial charge on any atom is 0.340 e. The molecule has 4 nitrogen and oxygen atoms in total. The number of rotatable bonds is 2. The summed E-state index contributed by atoms with van der Waals surface area (Å²) in [4.78, 5) is 11.3. The predicted octanol–water partition coefficient (Wildman–Crippen LogP) is 1.41. The van der Waals surface area contributed by atoms with Gasteiger partial charge in [0.25, 0.3) is 0 Å². The molecule has 4 heteroatoms. The Kier molecular flexibility index (Phi) is 2.96. The first-order valence-corrected chi connectivity index (χ1v) is 4.26. The molecule has 1 aromatic carbocycles. The maximum absolute atomic E-state index is 11.3. The number of hydrogen-bond donors (Lipinski definition) is 2. The SMILES string of the molecule is CNc1cc(C)c(N)c(C(=O)OC)c1. The normalized spacial score (nSPS) is 9.64. The second-order valence-corrected chi connectivity index (χ2v) is 3.00. The average Bonchev–Trinajstić information content (AvgIpc) is 2.20. The van der Waals surface area contributed by atoms with Gasteiger partial charge in [0.15, 0.2) is 0 Å². The molecule has 0 heterocycles. The molecule has 0 amide bonds. The lowest BCUT2D eigenvalue weighted by Gasteiger charge is -2.09. The number of carbonyl (C=O) groups excluding carboxylic acids is 1. The highest BCUT2D eigenvalue weighted by atomic mass is 16.5. The Morgan fingerprint density at radius 3 is 2.64 bits per heavy atom. The first-order valence-electron chi connectivity index (χ1n) is 4.26. The van der Waals surface area contributed by atoms with Crippen molar-refractivity contribution in [2.24, 2.45) is 0 Å². The van der Waals surface area contributed by atoms with Gasteiger partial charge in [0.1, 0.15) is 0 Å². The largest absolute Gasteiger partial charge is 0.465 e. The van der Waals surface area contributed by atoms with Crippen LogP contribution in [0.2, 0.25) is 0 Å². The Labute approximate surface area is 83.1 Å². The van der Waals surface area contributed by atoms with E-state index in [2.05, 4.69) is 10.1 Å². The maximum atomic E-state index is 11.3. The monoisotopic (exact) mass is 194 g/mol. The molecule has 3 N–H and O–H groups in total. The van der Waals surface area contributed by atoms with E-state index in [-0.39, 0.29) is 0 Å². The van der Waals surface area contributed by atoms with Crippen LogP contribution in [0.15, 0.2) is 12.1 Å². The standard InChI is InChI=1S/C10H14N2O2/c1-6-4-7(12-2)5-8(9(6)11)10(13)14-3/h4-5,12H,11H2,1-3H3. The van der Waals surface area contributed by atoms with Gasteiger partial charge in [0.05, 0.1) is 12.7 Å². The van der Waals surface area contributed by atoms with E-state index in [9.17, 15) is 4.79 Å². The highest BCUT2D eigenvalue weighted by Gasteiger charge is 2.12. The molecule has 0 saturated heterocycles. The Bertz CT molecular complexity index is 361. The summed E-state index contributed by atoms with van der Waals surface area (Å²) in [6.45, 7) is 1.85. The number of nitrogen functional groups attached to an aromatic ring is 1. The molecule has 0 aliphatic carbocycles. The third kappa shape index (κ3) is 1.79. The molecule has 0 saturated carbocycles. The first kappa shape index (κ1) is 10.4. The topological polar surface area (TPSA) is 64.3 Å². The van der Waals surface area contributed by atoms with E-state index >= 15 is 0 Å². The second kappa shape index (κ2) is 4.00. The van der Waals surface area contributed by atoms with Crippen molar-refractivity contribution < 1.29 is 9.53 Å². The number of carbonyl (C=O) groups is 1. The molecule has 0 aromatic heterocycles. The molecule has 0 spiro atoms. The molecule has 0 fully saturated rings. The van der Waals surface area contributed by atoms with Crippen molar-refractivity contribution >= 4 is 17.3 Å². The van der Waals surface area contributed by atoms with Crippen LogP contribution in [-0.2, 0) is 4.74 Å². The smallest absolute Gasteiger partial charge is 0.340 e. The van der Waals surface area contributed by atoms with Gasteiger partial charge in [-0.3, -0.25) is 0 Å². The molecule has 1 rings (SSSR count). The van der Waals surface area contributed by atoms with Crippen molar-refractivity contribution in [3.8, 4) is 0 Å². The van der Waals surface area contributed by atoms with E-state index < -0.39 is 5.97 Å². The van der Waals surface area contributed by atoms with E-state index in [4.69, 9.17) is 5.73 Å². The van der Waals surface area contributed by atoms with Crippen LogP contribution in [0.4, 0.5) is 11.4 Å². The van der Waals surface area contributed by atoms with Crippen LogP contribution in [0.1, 0.15) is 15.9 Å². The van der Waals surface area contributed by atoms with Crippen LogP contribution in [0, 0.1) is 6.92 Å². The fourth-order valence-corrected chi connectivity index (χ4v) is 1.22. The van der Waals surface area contributed by atoms with Crippen molar-refractivity contribution in [3.63, 3.8) is 0 Å². The van der Waals surface area contributed by atoms with Crippen molar-refractivity contribution in [2.75, 3.05) is 25.2 Å². The van der Waals surface area contributed by atoms with E-state index in [1.807, 2.05) is 13.0 Å². The number of nitrogens with two attached hydrogens (primary N) is 1. The molecular weight excluding hydrogens is 180 g/mol. The van der Waals surface area contributed by atoms with Gasteiger partial charge in [-0.15, -0.1) is 0 Å². The summed E-state index contributed by atoms with van der Waals surface area (Å²) >= 11 is 0. The third-order valence-corrected chi connectivity index (χ3v) is 2.08. The zero-order valence-electron chi connectivity index (χ0n) is 8.55. The molecule has 0 aliphatic heterocycles. The predicted molar refractivity (Wildman–Crippen MR) is 56.5 cm³/mol. The lowest BCUT2D eigenvalue weighted by molar-refractivity contribution is 0.0602. The van der Waals surface area contributed by atoms with Crippen molar-refractivity contribution in [1.29, 1.82) is 0 Å². The number of hydrogen-bond acceptors (Lipinski definition) is 4. The Morgan fingerprint density at radius 2 is 2.14 bits per heavy atom. The number of esters is 1. The number of aryl methyl sites for hydroxylation is 1. The molecule has 0 bridgehead atoms. The second-order valence-electron chi connectivity index (χ2n) is 3.00. The van der Waals surface area contributed by atoms with Crippen molar-refractivity contribution in [1.82, 2.24) is 0 Å². The van der Waals surface area contributed by atoms with E-state index in [1.165, 1.54) is 7.11 Å². The molecular formula is C10H14N2O2. The number of anilines is 2. The average molecular weight is 194 g/mol. The van der Waals surface area contributed by atoms with E-state index in [0.29, 0.717) is 11.3 Å². The van der Waals surface area contributed by atoms with Crippen LogP contribution >= 0.6 is 0 Å². The molecule has 0 aliphatic rings. The Hall–Kier alpha value is -1.71.